The van der Waals surface area contributed by atoms with Crippen molar-refractivity contribution < 1.29 is 9.59 Å². The molecule has 5 nitrogen and oxygen atoms in total. The molecular formula is C14H20ClN3O2. The first-order valence-electron chi connectivity index (χ1n) is 6.41. The molecule has 1 aromatic rings. The third kappa shape index (κ3) is 4.81. The minimum absolute atomic E-state index is 0.117. The summed E-state index contributed by atoms with van der Waals surface area (Å²) in [6, 6.07) is 3.24. The van der Waals surface area contributed by atoms with Gasteiger partial charge in [0.2, 0.25) is 5.91 Å². The van der Waals surface area contributed by atoms with E-state index in [9.17, 15) is 9.59 Å². The van der Waals surface area contributed by atoms with E-state index in [0.717, 1.165) is 5.69 Å². The highest BCUT2D eigenvalue weighted by Crippen LogP contribution is 2.23. The molecule has 2 N–H and O–H groups in total. The summed E-state index contributed by atoms with van der Waals surface area (Å²) in [6.45, 7) is 6.28. The number of amides is 2. The van der Waals surface area contributed by atoms with E-state index in [1.165, 1.54) is 6.07 Å². The third-order valence-corrected chi connectivity index (χ3v) is 2.93. The van der Waals surface area contributed by atoms with E-state index >= 15 is 0 Å². The minimum atomic E-state index is -0.260. The molecule has 1 rings (SSSR count). The Morgan fingerprint density at radius 3 is 2.50 bits per heavy atom. The normalized spacial score (nSPS) is 11.1. The maximum absolute atomic E-state index is 12.0. The van der Waals surface area contributed by atoms with Crippen LogP contribution in [0.5, 0.6) is 0 Å². The van der Waals surface area contributed by atoms with Crippen molar-refractivity contribution in [1.29, 1.82) is 0 Å². The fourth-order valence-electron chi connectivity index (χ4n) is 1.53. The predicted octanol–water partition coefficient (Wildman–Crippen LogP) is 1.90. The number of carbonyl (C=O) groups is 2. The second kappa shape index (κ2) is 6.70. The van der Waals surface area contributed by atoms with Crippen LogP contribution in [-0.2, 0) is 10.2 Å². The number of rotatable bonds is 4. The first-order chi connectivity index (χ1) is 9.24. The molecule has 0 saturated carbocycles. The van der Waals surface area contributed by atoms with Crippen LogP contribution in [0.15, 0.2) is 12.1 Å². The van der Waals surface area contributed by atoms with E-state index in [1.807, 2.05) is 20.8 Å². The molecule has 0 saturated heterocycles. The lowest BCUT2D eigenvalue weighted by atomic mass is 9.91. The van der Waals surface area contributed by atoms with Gasteiger partial charge in [-0.1, -0.05) is 32.4 Å². The van der Waals surface area contributed by atoms with Gasteiger partial charge in [-0.3, -0.25) is 9.59 Å². The fourth-order valence-corrected chi connectivity index (χ4v) is 1.74. The van der Waals surface area contributed by atoms with Crippen LogP contribution in [0, 0.1) is 0 Å². The molecule has 0 bridgehead atoms. The number of carbonyl (C=O) groups excluding carboxylic acids is 2. The largest absolute Gasteiger partial charge is 0.359 e. The number of hydrogen-bond acceptors (Lipinski definition) is 3. The van der Waals surface area contributed by atoms with Crippen LogP contribution in [0.2, 0.25) is 5.15 Å². The topological polar surface area (TPSA) is 71.1 Å². The molecule has 0 aliphatic heterocycles. The molecule has 0 fully saturated rings. The maximum Gasteiger partial charge on any atom is 0.251 e. The SMILES string of the molecule is CNC(=O)CCNC(=O)c1cc(Cl)nc(C(C)(C)C)c1. The van der Waals surface area contributed by atoms with Gasteiger partial charge in [-0.2, -0.15) is 0 Å². The van der Waals surface area contributed by atoms with Gasteiger partial charge >= 0.3 is 0 Å². The molecule has 0 unspecified atom stereocenters. The van der Waals surface area contributed by atoms with Crippen LogP contribution in [0.25, 0.3) is 0 Å². The van der Waals surface area contributed by atoms with Crippen molar-refractivity contribution in [2.45, 2.75) is 32.6 Å². The lowest BCUT2D eigenvalue weighted by molar-refractivity contribution is -0.120. The van der Waals surface area contributed by atoms with Gasteiger partial charge in [0.25, 0.3) is 5.91 Å². The summed E-state index contributed by atoms with van der Waals surface area (Å²) in [6.07, 6.45) is 0.243. The van der Waals surface area contributed by atoms with E-state index in [4.69, 9.17) is 11.6 Å². The average Bonchev–Trinajstić information content (AvgIpc) is 2.36. The van der Waals surface area contributed by atoms with Crippen LogP contribution in [0.4, 0.5) is 0 Å². The van der Waals surface area contributed by atoms with Crippen molar-refractivity contribution in [2.24, 2.45) is 0 Å². The van der Waals surface area contributed by atoms with Crippen LogP contribution < -0.4 is 10.6 Å². The molecule has 0 spiro atoms. The molecule has 0 atom stereocenters. The lowest BCUT2D eigenvalue weighted by Gasteiger charge is -2.18. The zero-order chi connectivity index (χ0) is 15.3. The Kier molecular flexibility index (Phi) is 5.51. The van der Waals surface area contributed by atoms with Gasteiger partial charge in [0.05, 0.1) is 0 Å². The van der Waals surface area contributed by atoms with Gasteiger partial charge in [-0.15, -0.1) is 0 Å². The fraction of sp³-hybridized carbons (Fsp3) is 0.500. The summed E-state index contributed by atoms with van der Waals surface area (Å²) in [5.74, 6) is -0.378. The van der Waals surface area contributed by atoms with Crippen molar-refractivity contribution in [2.75, 3.05) is 13.6 Å². The highest BCUT2D eigenvalue weighted by molar-refractivity contribution is 6.29. The van der Waals surface area contributed by atoms with Gasteiger partial charge in [0, 0.05) is 36.7 Å². The molecular weight excluding hydrogens is 278 g/mol. The van der Waals surface area contributed by atoms with E-state index in [1.54, 1.807) is 13.1 Å². The molecule has 0 aromatic carbocycles. The number of nitrogens with zero attached hydrogens (tertiary/aromatic N) is 1. The molecule has 1 heterocycles. The average molecular weight is 298 g/mol. The summed E-state index contributed by atoms with van der Waals surface area (Å²) in [5.41, 5.74) is 1.01. The van der Waals surface area contributed by atoms with Crippen molar-refractivity contribution in [3.8, 4) is 0 Å². The molecule has 0 aliphatic rings. The number of hydrogen-bond donors (Lipinski definition) is 2. The molecule has 2 amide bonds. The van der Waals surface area contributed by atoms with Crippen LogP contribution >= 0.6 is 11.6 Å². The van der Waals surface area contributed by atoms with Gasteiger partial charge in [-0.25, -0.2) is 4.98 Å². The first-order valence-corrected chi connectivity index (χ1v) is 6.78. The predicted molar refractivity (Wildman–Crippen MR) is 79.0 cm³/mol. The maximum atomic E-state index is 12.0. The summed E-state index contributed by atoms with van der Waals surface area (Å²) in [7, 11) is 1.56. The summed E-state index contributed by atoms with van der Waals surface area (Å²) < 4.78 is 0. The Morgan fingerprint density at radius 2 is 1.95 bits per heavy atom. The molecule has 110 valence electrons. The monoisotopic (exact) mass is 297 g/mol. The van der Waals surface area contributed by atoms with Crippen LogP contribution in [0.3, 0.4) is 0 Å². The lowest BCUT2D eigenvalue weighted by Crippen LogP contribution is -2.29. The Balaban J connectivity index is 2.78. The first kappa shape index (κ1) is 16.4. The summed E-state index contributed by atoms with van der Waals surface area (Å²) in [4.78, 5) is 27.3. The molecule has 0 aliphatic carbocycles. The smallest absolute Gasteiger partial charge is 0.251 e. The van der Waals surface area contributed by atoms with Crippen LogP contribution in [-0.4, -0.2) is 30.4 Å². The molecule has 6 heteroatoms. The zero-order valence-electron chi connectivity index (χ0n) is 12.2. The van der Waals surface area contributed by atoms with E-state index in [-0.39, 0.29) is 35.3 Å². The summed E-state index contributed by atoms with van der Waals surface area (Å²) >= 11 is 5.95. The number of pyridine rings is 1. The van der Waals surface area contributed by atoms with Crippen molar-refractivity contribution in [1.82, 2.24) is 15.6 Å². The molecule has 1 aromatic heterocycles. The van der Waals surface area contributed by atoms with Crippen molar-refractivity contribution >= 4 is 23.4 Å². The standard InChI is InChI=1S/C14H20ClN3O2/c1-14(2,3)10-7-9(8-11(15)18-10)13(20)17-6-5-12(19)16-4/h7-8H,5-6H2,1-4H3,(H,16,19)(H,17,20). The second-order valence-corrected chi connectivity index (χ2v) is 5.88. The zero-order valence-corrected chi connectivity index (χ0v) is 13.0. The Labute approximate surface area is 124 Å². The van der Waals surface area contributed by atoms with Gasteiger partial charge < -0.3 is 10.6 Å². The Hall–Kier alpha value is -1.62. The van der Waals surface area contributed by atoms with Gasteiger partial charge in [0.1, 0.15) is 5.15 Å². The Morgan fingerprint density at radius 1 is 1.30 bits per heavy atom. The third-order valence-electron chi connectivity index (χ3n) is 2.74. The van der Waals surface area contributed by atoms with E-state index < -0.39 is 0 Å². The van der Waals surface area contributed by atoms with Gasteiger partial charge in [0.15, 0.2) is 0 Å². The number of aromatic nitrogens is 1. The number of nitrogens with one attached hydrogen (secondary N) is 2. The summed E-state index contributed by atoms with van der Waals surface area (Å²) in [5, 5.41) is 5.47. The number of halogens is 1. The highest BCUT2D eigenvalue weighted by Gasteiger charge is 2.18. The van der Waals surface area contributed by atoms with Crippen LogP contribution in [0.1, 0.15) is 43.2 Å². The molecule has 0 radical (unpaired) electrons. The van der Waals surface area contributed by atoms with Crippen molar-refractivity contribution in [3.63, 3.8) is 0 Å². The highest BCUT2D eigenvalue weighted by atomic mass is 35.5. The van der Waals surface area contributed by atoms with Crippen molar-refractivity contribution in [3.05, 3.63) is 28.5 Å². The second-order valence-electron chi connectivity index (χ2n) is 5.49. The van der Waals surface area contributed by atoms with E-state index in [0.29, 0.717) is 5.56 Å². The van der Waals surface area contributed by atoms with E-state index in [2.05, 4.69) is 15.6 Å². The van der Waals surface area contributed by atoms with Gasteiger partial charge in [-0.05, 0) is 12.1 Å². The quantitative estimate of drug-likeness (QED) is 0.834. The Bertz CT molecular complexity index is 510. The molecule has 20 heavy (non-hydrogen) atoms. The minimum Gasteiger partial charge on any atom is -0.359 e.